The zero-order valence-corrected chi connectivity index (χ0v) is 17.0. The molecular formula is C22H31N5O. The molecule has 0 unspecified atom stereocenters. The molecule has 1 aliphatic rings. The van der Waals surface area contributed by atoms with Gasteiger partial charge in [0.15, 0.2) is 0 Å². The Kier molecular flexibility index (Phi) is 7.39. The maximum atomic E-state index is 12.9. The van der Waals surface area contributed by atoms with Crippen LogP contribution in [0.25, 0.3) is 0 Å². The number of piperazine rings is 1. The lowest BCUT2D eigenvalue weighted by atomic mass is 10.2. The SMILES string of the molecule is Cc1cccnc1CN(Cc1ccccc1)C(=O)NCCN1CCN(C)CC1. The van der Waals surface area contributed by atoms with Crippen LogP contribution < -0.4 is 5.32 Å². The van der Waals surface area contributed by atoms with Crippen molar-refractivity contribution in [2.75, 3.05) is 46.3 Å². The van der Waals surface area contributed by atoms with Crippen LogP contribution in [0.4, 0.5) is 4.79 Å². The number of pyridine rings is 1. The minimum atomic E-state index is -0.0389. The Hall–Kier alpha value is -2.44. The first-order valence-corrected chi connectivity index (χ1v) is 10.00. The summed E-state index contributed by atoms with van der Waals surface area (Å²) in [4.78, 5) is 24.0. The molecule has 1 fully saturated rings. The monoisotopic (exact) mass is 381 g/mol. The highest BCUT2D eigenvalue weighted by Gasteiger charge is 2.17. The fourth-order valence-electron chi connectivity index (χ4n) is 3.37. The summed E-state index contributed by atoms with van der Waals surface area (Å²) in [5.74, 6) is 0. The van der Waals surface area contributed by atoms with Gasteiger partial charge in [0.05, 0.1) is 12.2 Å². The molecule has 0 bridgehead atoms. The summed E-state index contributed by atoms with van der Waals surface area (Å²) >= 11 is 0. The van der Waals surface area contributed by atoms with Crippen LogP contribution >= 0.6 is 0 Å². The third-order valence-electron chi connectivity index (χ3n) is 5.26. The first kappa shape index (κ1) is 20.3. The number of carbonyl (C=O) groups is 1. The Labute approximate surface area is 168 Å². The van der Waals surface area contributed by atoms with Crippen LogP contribution in [0.15, 0.2) is 48.7 Å². The summed E-state index contributed by atoms with van der Waals surface area (Å²) in [6, 6.07) is 14.0. The van der Waals surface area contributed by atoms with E-state index in [1.807, 2.05) is 42.2 Å². The molecule has 0 radical (unpaired) electrons. The van der Waals surface area contributed by atoms with Gasteiger partial charge in [-0.2, -0.15) is 0 Å². The van der Waals surface area contributed by atoms with E-state index < -0.39 is 0 Å². The fourth-order valence-corrected chi connectivity index (χ4v) is 3.37. The maximum Gasteiger partial charge on any atom is 0.318 e. The standard InChI is InChI=1S/C22H31N5O/c1-19-7-6-10-23-21(19)18-27(17-20-8-4-3-5-9-20)22(28)24-11-12-26-15-13-25(2)14-16-26/h3-10H,11-18H2,1-2H3,(H,24,28). The number of likely N-dealkylation sites (N-methyl/N-ethyl adjacent to an activating group) is 1. The van der Waals surface area contributed by atoms with Crippen LogP contribution in [0.1, 0.15) is 16.8 Å². The van der Waals surface area contributed by atoms with E-state index >= 15 is 0 Å². The first-order valence-electron chi connectivity index (χ1n) is 10.00. The van der Waals surface area contributed by atoms with Gasteiger partial charge in [0.1, 0.15) is 0 Å². The smallest absolute Gasteiger partial charge is 0.318 e. The minimum Gasteiger partial charge on any atom is -0.337 e. The molecule has 0 aliphatic carbocycles. The zero-order chi connectivity index (χ0) is 19.8. The lowest BCUT2D eigenvalue weighted by Crippen LogP contribution is -2.48. The number of nitrogens with one attached hydrogen (secondary N) is 1. The van der Waals surface area contributed by atoms with Crippen molar-refractivity contribution in [3.63, 3.8) is 0 Å². The van der Waals surface area contributed by atoms with Gasteiger partial charge in [-0.25, -0.2) is 4.79 Å². The van der Waals surface area contributed by atoms with Crippen LogP contribution in [0.3, 0.4) is 0 Å². The highest BCUT2D eigenvalue weighted by Crippen LogP contribution is 2.12. The zero-order valence-electron chi connectivity index (χ0n) is 17.0. The van der Waals surface area contributed by atoms with Crippen LogP contribution in [0.5, 0.6) is 0 Å². The van der Waals surface area contributed by atoms with Gasteiger partial charge in [-0.15, -0.1) is 0 Å². The minimum absolute atomic E-state index is 0.0389. The molecule has 150 valence electrons. The van der Waals surface area contributed by atoms with E-state index in [-0.39, 0.29) is 6.03 Å². The van der Waals surface area contributed by atoms with E-state index in [2.05, 4.69) is 39.3 Å². The van der Waals surface area contributed by atoms with Crippen molar-refractivity contribution < 1.29 is 4.79 Å². The Morgan fingerprint density at radius 3 is 2.54 bits per heavy atom. The highest BCUT2D eigenvalue weighted by molar-refractivity contribution is 5.74. The Bertz CT molecular complexity index is 744. The van der Waals surface area contributed by atoms with Crippen molar-refractivity contribution in [2.24, 2.45) is 0 Å². The number of carbonyl (C=O) groups excluding carboxylic acids is 1. The number of rotatable bonds is 7. The van der Waals surface area contributed by atoms with Gasteiger partial charge in [0, 0.05) is 52.0 Å². The number of amides is 2. The van der Waals surface area contributed by atoms with E-state index in [9.17, 15) is 4.79 Å². The Morgan fingerprint density at radius 2 is 1.82 bits per heavy atom. The van der Waals surface area contributed by atoms with Gasteiger partial charge >= 0.3 is 6.03 Å². The molecule has 1 aromatic carbocycles. The van der Waals surface area contributed by atoms with Crippen molar-refractivity contribution in [3.8, 4) is 0 Å². The topological polar surface area (TPSA) is 51.7 Å². The van der Waals surface area contributed by atoms with Crippen molar-refractivity contribution in [2.45, 2.75) is 20.0 Å². The summed E-state index contributed by atoms with van der Waals surface area (Å²) < 4.78 is 0. The number of benzene rings is 1. The largest absolute Gasteiger partial charge is 0.337 e. The third-order valence-corrected chi connectivity index (χ3v) is 5.26. The molecule has 0 atom stereocenters. The van der Waals surface area contributed by atoms with Crippen LogP contribution in [-0.4, -0.2) is 72.0 Å². The summed E-state index contributed by atoms with van der Waals surface area (Å²) in [5.41, 5.74) is 3.16. The molecular weight excluding hydrogens is 350 g/mol. The second-order valence-corrected chi connectivity index (χ2v) is 7.49. The lowest BCUT2D eigenvalue weighted by Gasteiger charge is -2.32. The van der Waals surface area contributed by atoms with Crippen LogP contribution in [0, 0.1) is 6.92 Å². The number of aromatic nitrogens is 1. The highest BCUT2D eigenvalue weighted by atomic mass is 16.2. The molecule has 1 aliphatic heterocycles. The summed E-state index contributed by atoms with van der Waals surface area (Å²) in [6.45, 7) is 8.96. The molecule has 1 aromatic heterocycles. The molecule has 0 spiro atoms. The normalized spacial score (nSPS) is 15.4. The van der Waals surface area contributed by atoms with E-state index in [0.29, 0.717) is 19.6 Å². The van der Waals surface area contributed by atoms with Gasteiger partial charge in [-0.3, -0.25) is 9.88 Å². The number of hydrogen-bond acceptors (Lipinski definition) is 4. The third kappa shape index (κ3) is 6.04. The summed E-state index contributed by atoms with van der Waals surface area (Å²) in [6.07, 6.45) is 1.79. The number of nitrogens with zero attached hydrogens (tertiary/aromatic N) is 4. The Morgan fingerprint density at radius 1 is 1.07 bits per heavy atom. The van der Waals surface area contributed by atoms with E-state index in [1.165, 1.54) is 0 Å². The molecule has 1 saturated heterocycles. The lowest BCUT2D eigenvalue weighted by molar-refractivity contribution is 0.152. The van der Waals surface area contributed by atoms with Crippen molar-refractivity contribution >= 4 is 6.03 Å². The van der Waals surface area contributed by atoms with Gasteiger partial charge < -0.3 is 15.1 Å². The summed E-state index contributed by atoms with van der Waals surface area (Å²) in [7, 11) is 2.15. The second kappa shape index (κ2) is 10.2. The molecule has 28 heavy (non-hydrogen) atoms. The molecule has 0 saturated carbocycles. The van der Waals surface area contributed by atoms with Crippen LogP contribution in [-0.2, 0) is 13.1 Å². The average Bonchev–Trinajstić information content (AvgIpc) is 2.71. The number of urea groups is 1. The van der Waals surface area contributed by atoms with E-state index in [1.54, 1.807) is 6.20 Å². The first-order chi connectivity index (χ1) is 13.6. The summed E-state index contributed by atoms with van der Waals surface area (Å²) in [5, 5.41) is 3.11. The van der Waals surface area contributed by atoms with Gasteiger partial charge in [0.2, 0.25) is 0 Å². The Balaban J connectivity index is 1.58. The predicted molar refractivity (Wildman–Crippen MR) is 112 cm³/mol. The molecule has 6 nitrogen and oxygen atoms in total. The van der Waals surface area contributed by atoms with Gasteiger partial charge in [0.25, 0.3) is 0 Å². The predicted octanol–water partition coefficient (Wildman–Crippen LogP) is 2.35. The van der Waals surface area contributed by atoms with Crippen molar-refractivity contribution in [1.82, 2.24) is 25.0 Å². The van der Waals surface area contributed by atoms with Crippen molar-refractivity contribution in [3.05, 3.63) is 65.5 Å². The molecule has 2 heterocycles. The molecule has 2 aromatic rings. The maximum absolute atomic E-state index is 12.9. The molecule has 2 amide bonds. The number of hydrogen-bond donors (Lipinski definition) is 1. The molecule has 1 N–H and O–H groups in total. The quantitative estimate of drug-likeness (QED) is 0.800. The van der Waals surface area contributed by atoms with Gasteiger partial charge in [-0.1, -0.05) is 36.4 Å². The second-order valence-electron chi connectivity index (χ2n) is 7.49. The average molecular weight is 382 g/mol. The number of aryl methyl sites for hydroxylation is 1. The van der Waals surface area contributed by atoms with Crippen molar-refractivity contribution in [1.29, 1.82) is 0 Å². The van der Waals surface area contributed by atoms with Crippen LogP contribution in [0.2, 0.25) is 0 Å². The fraction of sp³-hybridized carbons (Fsp3) is 0.455. The molecule has 3 rings (SSSR count). The van der Waals surface area contributed by atoms with E-state index in [0.717, 1.165) is 49.5 Å². The molecule has 6 heteroatoms. The van der Waals surface area contributed by atoms with E-state index in [4.69, 9.17) is 0 Å². The van der Waals surface area contributed by atoms with Gasteiger partial charge in [-0.05, 0) is 31.2 Å².